The molecule has 0 fully saturated rings. The SMILES string of the molecule is C=C(O)C(CC)C/C=C/CCCCCCC(F)(F)CCCCCCC. The molecule has 0 saturated heterocycles. The van der Waals surface area contributed by atoms with Gasteiger partial charge in [-0.15, -0.1) is 0 Å². The minimum absolute atomic E-state index is 0.0490. The highest BCUT2D eigenvalue weighted by molar-refractivity contribution is 4.94. The van der Waals surface area contributed by atoms with Gasteiger partial charge in [0.25, 0.3) is 0 Å². The second-order valence-electron chi connectivity index (χ2n) is 7.28. The Morgan fingerprint density at radius 1 is 0.920 bits per heavy atom. The van der Waals surface area contributed by atoms with Crippen LogP contribution in [-0.2, 0) is 0 Å². The summed E-state index contributed by atoms with van der Waals surface area (Å²) >= 11 is 0. The number of aliphatic hydroxyl groups is 1. The summed E-state index contributed by atoms with van der Waals surface area (Å²) in [5, 5.41) is 9.38. The number of halogens is 2. The van der Waals surface area contributed by atoms with Gasteiger partial charge in [0.15, 0.2) is 0 Å². The van der Waals surface area contributed by atoms with Gasteiger partial charge >= 0.3 is 0 Å². The average molecular weight is 359 g/mol. The molecular weight excluding hydrogens is 318 g/mol. The fourth-order valence-electron chi connectivity index (χ4n) is 3.03. The molecule has 0 aromatic rings. The van der Waals surface area contributed by atoms with Crippen LogP contribution in [0.4, 0.5) is 8.78 Å². The lowest BCUT2D eigenvalue weighted by Gasteiger charge is -2.16. The Hall–Kier alpha value is -0.860. The smallest absolute Gasteiger partial charge is 0.248 e. The number of allylic oxidation sites excluding steroid dienone is 3. The summed E-state index contributed by atoms with van der Waals surface area (Å²) in [7, 11) is 0. The number of rotatable bonds is 17. The maximum atomic E-state index is 13.7. The third-order valence-corrected chi connectivity index (χ3v) is 4.86. The van der Waals surface area contributed by atoms with E-state index in [1.54, 1.807) is 0 Å². The molecule has 1 atom stereocenters. The van der Waals surface area contributed by atoms with E-state index in [1.165, 1.54) is 0 Å². The van der Waals surface area contributed by atoms with Crippen LogP contribution in [0.2, 0.25) is 0 Å². The molecule has 0 aliphatic heterocycles. The Morgan fingerprint density at radius 3 is 2.00 bits per heavy atom. The molecule has 148 valence electrons. The van der Waals surface area contributed by atoms with Crippen LogP contribution in [0.15, 0.2) is 24.5 Å². The van der Waals surface area contributed by atoms with E-state index >= 15 is 0 Å². The molecular formula is C22H40F2O. The zero-order valence-corrected chi connectivity index (χ0v) is 16.5. The lowest BCUT2D eigenvalue weighted by Crippen LogP contribution is -2.15. The fourth-order valence-corrected chi connectivity index (χ4v) is 3.03. The van der Waals surface area contributed by atoms with Crippen molar-refractivity contribution in [3.8, 4) is 0 Å². The second kappa shape index (κ2) is 15.4. The van der Waals surface area contributed by atoms with Crippen molar-refractivity contribution in [2.45, 2.75) is 110 Å². The predicted molar refractivity (Wildman–Crippen MR) is 105 cm³/mol. The van der Waals surface area contributed by atoms with Gasteiger partial charge in [0.1, 0.15) is 0 Å². The van der Waals surface area contributed by atoms with Gasteiger partial charge in [0, 0.05) is 18.8 Å². The summed E-state index contributed by atoms with van der Waals surface area (Å²) < 4.78 is 27.5. The van der Waals surface area contributed by atoms with Gasteiger partial charge in [-0.05, 0) is 38.5 Å². The Kier molecular flexibility index (Phi) is 14.9. The van der Waals surface area contributed by atoms with E-state index in [1.807, 2.05) is 6.92 Å². The van der Waals surface area contributed by atoms with Crippen LogP contribution < -0.4 is 0 Å². The average Bonchev–Trinajstić information content (AvgIpc) is 2.56. The quantitative estimate of drug-likeness (QED) is 0.157. The first-order valence-electron chi connectivity index (χ1n) is 10.3. The van der Waals surface area contributed by atoms with Crippen LogP contribution in [0.25, 0.3) is 0 Å². The molecule has 0 rings (SSSR count). The summed E-state index contributed by atoms with van der Waals surface area (Å²) in [5.74, 6) is -2.05. The van der Waals surface area contributed by atoms with Crippen molar-refractivity contribution < 1.29 is 13.9 Å². The number of unbranched alkanes of at least 4 members (excludes halogenated alkanes) is 8. The van der Waals surface area contributed by atoms with Crippen LogP contribution in [0.5, 0.6) is 0 Å². The van der Waals surface area contributed by atoms with Gasteiger partial charge in [0.2, 0.25) is 5.92 Å². The van der Waals surface area contributed by atoms with Crippen LogP contribution in [0.1, 0.15) is 104 Å². The molecule has 0 aliphatic rings. The molecule has 0 aromatic heterocycles. The van der Waals surface area contributed by atoms with E-state index in [-0.39, 0.29) is 24.5 Å². The van der Waals surface area contributed by atoms with Gasteiger partial charge in [-0.3, -0.25) is 0 Å². The maximum Gasteiger partial charge on any atom is 0.248 e. The first-order chi connectivity index (χ1) is 11.9. The van der Waals surface area contributed by atoms with Crippen molar-refractivity contribution in [2.24, 2.45) is 5.92 Å². The molecule has 1 nitrogen and oxygen atoms in total. The van der Waals surface area contributed by atoms with Crippen molar-refractivity contribution in [1.82, 2.24) is 0 Å². The lowest BCUT2D eigenvalue weighted by molar-refractivity contribution is -0.0206. The van der Waals surface area contributed by atoms with Crippen molar-refractivity contribution in [1.29, 1.82) is 0 Å². The Balaban J connectivity index is 3.57. The third-order valence-electron chi connectivity index (χ3n) is 4.86. The molecule has 1 N–H and O–H groups in total. The third kappa shape index (κ3) is 15.1. The highest BCUT2D eigenvalue weighted by Crippen LogP contribution is 2.28. The van der Waals surface area contributed by atoms with E-state index in [9.17, 15) is 13.9 Å². The number of hydrogen-bond acceptors (Lipinski definition) is 1. The maximum absolute atomic E-state index is 13.7. The first kappa shape index (κ1) is 24.1. The molecule has 0 aliphatic carbocycles. The molecule has 3 heteroatoms. The molecule has 0 radical (unpaired) electrons. The topological polar surface area (TPSA) is 20.2 Å². The molecule has 1 unspecified atom stereocenters. The van der Waals surface area contributed by atoms with E-state index in [0.29, 0.717) is 12.8 Å². The highest BCUT2D eigenvalue weighted by Gasteiger charge is 2.26. The Morgan fingerprint density at radius 2 is 1.48 bits per heavy atom. The van der Waals surface area contributed by atoms with Crippen molar-refractivity contribution in [2.75, 3.05) is 0 Å². The first-order valence-corrected chi connectivity index (χ1v) is 10.3. The minimum atomic E-state index is -2.46. The van der Waals surface area contributed by atoms with Gasteiger partial charge in [-0.2, -0.15) is 0 Å². The molecule has 0 amide bonds. The summed E-state index contributed by atoms with van der Waals surface area (Å²) in [4.78, 5) is 0. The zero-order chi connectivity index (χ0) is 19.0. The number of aliphatic hydroxyl groups excluding tert-OH is 1. The molecule has 0 aromatic carbocycles. The van der Waals surface area contributed by atoms with E-state index in [4.69, 9.17) is 0 Å². The van der Waals surface area contributed by atoms with Crippen molar-refractivity contribution >= 4 is 0 Å². The summed E-state index contributed by atoms with van der Waals surface area (Å²) in [6, 6.07) is 0. The van der Waals surface area contributed by atoms with E-state index in [2.05, 4.69) is 25.7 Å². The summed E-state index contributed by atoms with van der Waals surface area (Å²) in [5.41, 5.74) is 0. The largest absolute Gasteiger partial charge is 0.513 e. The summed E-state index contributed by atoms with van der Waals surface area (Å²) in [6.07, 6.45) is 15.7. The van der Waals surface area contributed by atoms with Crippen LogP contribution >= 0.6 is 0 Å². The number of hydrogen-bond donors (Lipinski definition) is 1. The fraction of sp³-hybridized carbons (Fsp3) is 0.818. The molecule has 25 heavy (non-hydrogen) atoms. The van der Waals surface area contributed by atoms with Gasteiger partial charge in [-0.25, -0.2) is 8.78 Å². The number of alkyl halides is 2. The van der Waals surface area contributed by atoms with Gasteiger partial charge in [-0.1, -0.05) is 71.1 Å². The molecule has 0 saturated carbocycles. The normalized spacial score (nSPS) is 13.4. The molecule has 0 spiro atoms. The molecule has 0 bridgehead atoms. The van der Waals surface area contributed by atoms with Crippen molar-refractivity contribution in [3.05, 3.63) is 24.5 Å². The zero-order valence-electron chi connectivity index (χ0n) is 16.5. The van der Waals surface area contributed by atoms with E-state index < -0.39 is 5.92 Å². The Labute approximate surface area is 154 Å². The lowest BCUT2D eigenvalue weighted by atomic mass is 10.00. The van der Waals surface area contributed by atoms with Gasteiger partial charge in [0.05, 0.1) is 5.76 Å². The second-order valence-corrected chi connectivity index (χ2v) is 7.28. The summed E-state index contributed by atoms with van der Waals surface area (Å²) in [6.45, 7) is 7.77. The van der Waals surface area contributed by atoms with Crippen LogP contribution in [0, 0.1) is 5.92 Å². The monoisotopic (exact) mass is 358 g/mol. The van der Waals surface area contributed by atoms with Gasteiger partial charge < -0.3 is 5.11 Å². The minimum Gasteiger partial charge on any atom is -0.513 e. The predicted octanol–water partition coefficient (Wildman–Crippen LogP) is 8.37. The van der Waals surface area contributed by atoms with Crippen LogP contribution in [0.3, 0.4) is 0 Å². The Bertz CT molecular complexity index is 350. The van der Waals surface area contributed by atoms with Crippen LogP contribution in [-0.4, -0.2) is 11.0 Å². The van der Waals surface area contributed by atoms with E-state index in [0.717, 1.165) is 64.2 Å². The highest BCUT2D eigenvalue weighted by atomic mass is 19.3. The van der Waals surface area contributed by atoms with Crippen molar-refractivity contribution in [3.63, 3.8) is 0 Å². The molecule has 0 heterocycles. The standard InChI is InChI=1S/C22H40F2O/c1-4-6-7-12-15-18-22(23,24)19-16-13-10-8-9-11-14-17-21(5-2)20(3)25/h11,14,21,25H,3-10,12-13,15-19H2,1-2H3/b14-11+.